The molecule has 0 spiro atoms. The summed E-state index contributed by atoms with van der Waals surface area (Å²) in [5.74, 6) is 0.411. The van der Waals surface area contributed by atoms with E-state index in [1.54, 1.807) is 13.1 Å². The molecule has 2 rings (SSSR count). The van der Waals surface area contributed by atoms with Gasteiger partial charge in [-0.2, -0.15) is 4.37 Å². The Morgan fingerprint density at radius 1 is 1.42 bits per heavy atom. The van der Waals surface area contributed by atoms with Crippen LogP contribution in [0.3, 0.4) is 0 Å². The van der Waals surface area contributed by atoms with Crippen LogP contribution in [0.1, 0.15) is 28.8 Å². The number of amides is 1. The topological polar surface area (TPSA) is 79.8 Å². The third kappa shape index (κ3) is 3.25. The van der Waals surface area contributed by atoms with Gasteiger partial charge in [0.25, 0.3) is 5.91 Å². The normalized spacial score (nSPS) is 10.3. The molecule has 19 heavy (non-hydrogen) atoms. The number of nitrogens with one attached hydrogen (secondary N) is 2. The maximum absolute atomic E-state index is 12.2. The lowest BCUT2D eigenvalue weighted by Gasteiger charge is -2.10. The van der Waals surface area contributed by atoms with Crippen LogP contribution in [0.15, 0.2) is 12.3 Å². The summed E-state index contributed by atoms with van der Waals surface area (Å²) in [6, 6.07) is 1.85. The summed E-state index contributed by atoms with van der Waals surface area (Å²) < 4.78 is 4.02. The number of hydrogen-bond donors (Lipinski definition) is 2. The van der Waals surface area contributed by atoms with Gasteiger partial charge in [-0.3, -0.25) is 15.1 Å². The summed E-state index contributed by atoms with van der Waals surface area (Å²) in [7, 11) is 0. The summed E-state index contributed by atoms with van der Waals surface area (Å²) in [4.78, 5) is 20.4. The van der Waals surface area contributed by atoms with Gasteiger partial charge < -0.3 is 5.32 Å². The first-order valence-electron chi connectivity index (χ1n) is 5.92. The Bertz CT molecular complexity index is 596. The second-order valence-corrected chi connectivity index (χ2v) is 4.75. The molecular formula is C12H15N5OS. The van der Waals surface area contributed by atoms with E-state index in [2.05, 4.69) is 25.0 Å². The predicted molar refractivity (Wildman–Crippen MR) is 75.7 cm³/mol. The Morgan fingerprint density at radius 3 is 2.84 bits per heavy atom. The van der Waals surface area contributed by atoms with Crippen LogP contribution in [-0.4, -0.2) is 26.8 Å². The molecule has 0 aliphatic carbocycles. The molecule has 1 amide bonds. The fourth-order valence-corrected chi connectivity index (χ4v) is 2.16. The molecule has 0 aliphatic heterocycles. The molecule has 0 aromatic carbocycles. The van der Waals surface area contributed by atoms with E-state index in [4.69, 9.17) is 0 Å². The third-order valence-corrected chi connectivity index (χ3v) is 3.12. The Hall–Kier alpha value is -2.02. The summed E-state index contributed by atoms with van der Waals surface area (Å²) in [5.41, 5.74) is 2.13. The molecule has 0 saturated heterocycles. The van der Waals surface area contributed by atoms with Crippen molar-refractivity contribution >= 4 is 28.3 Å². The Labute approximate surface area is 115 Å². The Balaban J connectivity index is 2.23. The van der Waals surface area contributed by atoms with Crippen molar-refractivity contribution in [1.82, 2.24) is 14.3 Å². The molecule has 2 N–H and O–H groups in total. The monoisotopic (exact) mass is 277 g/mol. The van der Waals surface area contributed by atoms with Crippen LogP contribution < -0.4 is 10.6 Å². The Kier molecular flexibility index (Phi) is 4.06. The highest BCUT2D eigenvalue weighted by molar-refractivity contribution is 7.09. The number of rotatable bonds is 4. The second-order valence-electron chi connectivity index (χ2n) is 4.00. The van der Waals surface area contributed by atoms with Crippen LogP contribution in [-0.2, 0) is 0 Å². The van der Waals surface area contributed by atoms with Crippen LogP contribution >= 0.6 is 11.5 Å². The van der Waals surface area contributed by atoms with Crippen molar-refractivity contribution in [3.05, 3.63) is 29.3 Å². The van der Waals surface area contributed by atoms with E-state index in [0.29, 0.717) is 16.5 Å². The van der Waals surface area contributed by atoms with E-state index in [1.807, 2.05) is 19.9 Å². The minimum Gasteiger partial charge on any atom is -0.385 e. The molecule has 2 aromatic rings. The largest absolute Gasteiger partial charge is 0.385 e. The summed E-state index contributed by atoms with van der Waals surface area (Å²) >= 11 is 1.16. The quantitative estimate of drug-likeness (QED) is 0.896. The van der Waals surface area contributed by atoms with Gasteiger partial charge in [0.2, 0.25) is 5.13 Å². The van der Waals surface area contributed by atoms with Gasteiger partial charge in [0.05, 0.1) is 11.3 Å². The second kappa shape index (κ2) is 5.75. The molecular weight excluding hydrogens is 262 g/mol. The van der Waals surface area contributed by atoms with Gasteiger partial charge in [-0.25, -0.2) is 4.98 Å². The minimum atomic E-state index is -0.236. The molecule has 0 fully saturated rings. The molecule has 0 radical (unpaired) electrons. The van der Waals surface area contributed by atoms with Crippen LogP contribution in [0.5, 0.6) is 0 Å². The summed E-state index contributed by atoms with van der Waals surface area (Å²) in [6.45, 7) is 6.38. The maximum atomic E-state index is 12.2. The number of hydrogen-bond acceptors (Lipinski definition) is 6. The van der Waals surface area contributed by atoms with E-state index in [0.717, 1.165) is 29.5 Å². The molecule has 6 nitrogen and oxygen atoms in total. The highest BCUT2D eigenvalue weighted by Crippen LogP contribution is 2.18. The zero-order valence-corrected chi connectivity index (χ0v) is 11.8. The first kappa shape index (κ1) is 13.4. The zero-order valence-electron chi connectivity index (χ0n) is 11.0. The van der Waals surface area contributed by atoms with Gasteiger partial charge >= 0.3 is 0 Å². The highest BCUT2D eigenvalue weighted by atomic mass is 32.1. The van der Waals surface area contributed by atoms with Crippen molar-refractivity contribution in [2.75, 3.05) is 17.2 Å². The fraction of sp³-hybridized carbons (Fsp3) is 0.333. The first-order valence-corrected chi connectivity index (χ1v) is 6.69. The number of carbonyl (C=O) groups is 1. The Morgan fingerprint density at radius 2 is 2.21 bits per heavy atom. The fourth-order valence-electron chi connectivity index (χ4n) is 1.59. The van der Waals surface area contributed by atoms with Gasteiger partial charge in [0.15, 0.2) is 0 Å². The number of carbonyl (C=O) groups excluding carboxylic acids is 1. The molecule has 0 unspecified atom stereocenters. The smallest absolute Gasteiger partial charge is 0.261 e. The van der Waals surface area contributed by atoms with E-state index in [1.165, 1.54) is 0 Å². The number of nitrogens with zero attached hydrogens (tertiary/aromatic N) is 3. The predicted octanol–water partition coefficient (Wildman–Crippen LogP) is 2.23. The van der Waals surface area contributed by atoms with Crippen LogP contribution in [0.2, 0.25) is 0 Å². The molecule has 0 saturated carbocycles. The average Bonchev–Trinajstić information content (AvgIpc) is 2.75. The van der Waals surface area contributed by atoms with Crippen LogP contribution in [0, 0.1) is 13.8 Å². The molecule has 2 aromatic heterocycles. The van der Waals surface area contributed by atoms with Crippen molar-refractivity contribution in [1.29, 1.82) is 0 Å². The molecule has 2 heterocycles. The lowest BCUT2D eigenvalue weighted by molar-refractivity contribution is 0.102. The number of anilines is 2. The van der Waals surface area contributed by atoms with Crippen molar-refractivity contribution in [2.45, 2.75) is 20.8 Å². The van der Waals surface area contributed by atoms with Gasteiger partial charge in [0, 0.05) is 30.0 Å². The average molecular weight is 277 g/mol. The molecule has 7 heteroatoms. The van der Waals surface area contributed by atoms with E-state index >= 15 is 0 Å². The standard InChI is InChI=1S/C12H15N5OS/c1-4-13-10-5-7(2)14-6-9(10)11(18)16-12-15-8(3)17-19-12/h5-6H,4H2,1-3H3,(H,13,14)(H,15,16,17,18). The van der Waals surface area contributed by atoms with Crippen molar-refractivity contribution < 1.29 is 4.79 Å². The van der Waals surface area contributed by atoms with Crippen molar-refractivity contribution in [3.63, 3.8) is 0 Å². The van der Waals surface area contributed by atoms with Crippen LogP contribution in [0.25, 0.3) is 0 Å². The highest BCUT2D eigenvalue weighted by Gasteiger charge is 2.14. The maximum Gasteiger partial charge on any atom is 0.261 e. The van der Waals surface area contributed by atoms with Gasteiger partial charge in [-0.15, -0.1) is 0 Å². The minimum absolute atomic E-state index is 0.236. The molecule has 100 valence electrons. The molecule has 0 atom stereocenters. The lowest BCUT2D eigenvalue weighted by atomic mass is 10.2. The van der Waals surface area contributed by atoms with Gasteiger partial charge in [-0.1, -0.05) is 0 Å². The number of aryl methyl sites for hydroxylation is 2. The molecule has 0 bridgehead atoms. The van der Waals surface area contributed by atoms with Gasteiger partial charge in [-0.05, 0) is 26.8 Å². The number of pyridine rings is 1. The SMILES string of the molecule is CCNc1cc(C)ncc1C(=O)Nc1nc(C)ns1. The lowest BCUT2D eigenvalue weighted by Crippen LogP contribution is -2.15. The van der Waals surface area contributed by atoms with E-state index in [-0.39, 0.29) is 5.91 Å². The van der Waals surface area contributed by atoms with E-state index < -0.39 is 0 Å². The zero-order chi connectivity index (χ0) is 13.8. The number of aromatic nitrogens is 3. The van der Waals surface area contributed by atoms with Crippen molar-refractivity contribution in [3.8, 4) is 0 Å². The molecule has 0 aliphatic rings. The third-order valence-electron chi connectivity index (χ3n) is 2.40. The van der Waals surface area contributed by atoms with Crippen LogP contribution in [0.4, 0.5) is 10.8 Å². The van der Waals surface area contributed by atoms with Crippen molar-refractivity contribution in [2.24, 2.45) is 0 Å². The summed E-state index contributed by atoms with van der Waals surface area (Å²) in [5, 5.41) is 6.37. The summed E-state index contributed by atoms with van der Waals surface area (Å²) in [6.07, 6.45) is 1.57. The first-order chi connectivity index (χ1) is 9.10. The van der Waals surface area contributed by atoms with E-state index in [9.17, 15) is 4.79 Å². The van der Waals surface area contributed by atoms with Gasteiger partial charge in [0.1, 0.15) is 5.82 Å².